The first-order valence-corrected chi connectivity index (χ1v) is 11.3. The predicted molar refractivity (Wildman–Crippen MR) is 139 cm³/mol. The number of hydrogen-bond donors (Lipinski definition) is 0. The van der Waals surface area contributed by atoms with E-state index in [4.69, 9.17) is 18.6 Å². The summed E-state index contributed by atoms with van der Waals surface area (Å²) >= 11 is 0. The lowest BCUT2D eigenvalue weighted by Crippen LogP contribution is -2.12. The van der Waals surface area contributed by atoms with Gasteiger partial charge >= 0.3 is 5.97 Å². The maximum atomic E-state index is 11.3. The molecule has 0 N–H and O–H groups in total. The first-order chi connectivity index (χ1) is 18.1. The molecule has 37 heavy (non-hydrogen) atoms. The predicted octanol–water partition coefficient (Wildman–Crippen LogP) is 5.80. The van der Waals surface area contributed by atoms with Crippen LogP contribution in [0.1, 0.15) is 11.1 Å². The van der Waals surface area contributed by atoms with Gasteiger partial charge in [0.2, 0.25) is 5.88 Å². The summed E-state index contributed by atoms with van der Waals surface area (Å²) in [5.41, 5.74) is 3.26. The van der Waals surface area contributed by atoms with Crippen molar-refractivity contribution in [2.45, 2.75) is 0 Å². The van der Waals surface area contributed by atoms with Gasteiger partial charge in [-0.3, -0.25) is 0 Å². The van der Waals surface area contributed by atoms with E-state index in [1.807, 2.05) is 48.5 Å². The van der Waals surface area contributed by atoms with E-state index in [2.05, 4.69) is 15.8 Å². The topological polar surface area (TPSA) is 103 Å². The number of hydrogen-bond acceptors (Lipinski definition) is 8. The molecule has 0 atom stereocenters. The number of ether oxygens (including phenoxy) is 4. The van der Waals surface area contributed by atoms with Gasteiger partial charge in [0.15, 0.2) is 6.61 Å². The van der Waals surface area contributed by atoms with Crippen LogP contribution in [0.3, 0.4) is 0 Å². The number of furan rings is 1. The lowest BCUT2D eigenvalue weighted by Gasteiger charge is -2.06. The Labute approximate surface area is 214 Å². The van der Waals surface area contributed by atoms with Gasteiger partial charge < -0.3 is 23.4 Å². The van der Waals surface area contributed by atoms with Crippen molar-refractivity contribution in [3.05, 3.63) is 83.9 Å². The molecule has 0 unspecified atom stereocenters. The number of methoxy groups -OCH3 is 3. The number of nitrogens with zero attached hydrogens (tertiary/aromatic N) is 2. The molecule has 0 aliphatic carbocycles. The summed E-state index contributed by atoms with van der Waals surface area (Å²) in [6.45, 7) is -0.176. The Bertz CT molecular complexity index is 1430. The Morgan fingerprint density at radius 3 is 1.97 bits per heavy atom. The van der Waals surface area contributed by atoms with Gasteiger partial charge in [-0.15, -0.1) is 0 Å². The molecule has 0 bridgehead atoms. The molecule has 0 saturated carbocycles. The summed E-state index contributed by atoms with van der Waals surface area (Å²) in [7, 11) is 4.50. The molecule has 8 heteroatoms. The van der Waals surface area contributed by atoms with E-state index < -0.39 is 5.97 Å². The van der Waals surface area contributed by atoms with Crippen molar-refractivity contribution in [1.29, 1.82) is 5.26 Å². The highest BCUT2D eigenvalue weighted by Crippen LogP contribution is 2.43. The SMILES string of the molecule is COC(=O)COc1ccc(/C=N/c2oc(-c3ccc(OC)cc3)c(-c3ccc(OC)cc3)c2C#N)cc1. The first-order valence-electron chi connectivity index (χ1n) is 11.3. The zero-order chi connectivity index (χ0) is 26.2. The third-order valence-electron chi connectivity index (χ3n) is 5.53. The van der Waals surface area contributed by atoms with Crippen molar-refractivity contribution in [2.75, 3.05) is 27.9 Å². The summed E-state index contributed by atoms with van der Waals surface area (Å²) < 4.78 is 26.6. The van der Waals surface area contributed by atoms with Crippen molar-refractivity contribution in [3.63, 3.8) is 0 Å². The zero-order valence-electron chi connectivity index (χ0n) is 20.6. The highest BCUT2D eigenvalue weighted by Gasteiger charge is 2.23. The second kappa shape index (κ2) is 11.6. The molecular weight excluding hydrogens is 472 g/mol. The molecular formula is C29H24N2O6. The van der Waals surface area contributed by atoms with Crippen LogP contribution in [0.25, 0.3) is 22.5 Å². The highest BCUT2D eigenvalue weighted by atomic mass is 16.6. The fourth-order valence-corrected chi connectivity index (χ4v) is 3.58. The van der Waals surface area contributed by atoms with Crippen LogP contribution in [0.15, 0.2) is 82.2 Å². The quantitative estimate of drug-likeness (QED) is 0.213. The summed E-state index contributed by atoms with van der Waals surface area (Å²) in [5.74, 6) is 2.16. The molecule has 0 aliphatic rings. The molecule has 0 radical (unpaired) electrons. The molecule has 0 spiro atoms. The lowest BCUT2D eigenvalue weighted by atomic mass is 9.98. The van der Waals surface area contributed by atoms with Gasteiger partial charge in [-0.2, -0.15) is 5.26 Å². The Balaban J connectivity index is 1.70. The smallest absolute Gasteiger partial charge is 0.343 e. The van der Waals surface area contributed by atoms with Crippen LogP contribution in [0.2, 0.25) is 0 Å². The standard InChI is InChI=1S/C29H24N2O6/c1-33-22-12-6-20(7-13-22)27-25(16-30)29(37-28(27)21-8-14-23(34-2)15-9-21)31-17-19-4-10-24(11-5-19)36-18-26(32)35-3/h4-15,17H,18H2,1-3H3/b31-17+. The molecule has 4 aromatic rings. The number of esters is 1. The van der Waals surface area contributed by atoms with Gasteiger partial charge in [0, 0.05) is 17.3 Å². The maximum absolute atomic E-state index is 11.3. The lowest BCUT2D eigenvalue weighted by molar-refractivity contribution is -0.142. The molecule has 0 saturated heterocycles. The second-order valence-electron chi connectivity index (χ2n) is 7.75. The third kappa shape index (κ3) is 5.80. The number of carbonyl (C=O) groups excluding carboxylic acids is 1. The van der Waals surface area contributed by atoms with Crippen molar-refractivity contribution in [1.82, 2.24) is 0 Å². The summed E-state index contributed by atoms with van der Waals surface area (Å²) in [5, 5.41) is 10.1. The molecule has 0 fully saturated rings. The number of aliphatic imine (C=N–C) groups is 1. The van der Waals surface area contributed by atoms with E-state index in [0.717, 1.165) is 16.7 Å². The van der Waals surface area contributed by atoms with Gasteiger partial charge in [0.1, 0.15) is 34.6 Å². The summed E-state index contributed by atoms with van der Waals surface area (Å²) in [4.78, 5) is 15.7. The van der Waals surface area contributed by atoms with Crippen molar-refractivity contribution in [2.24, 2.45) is 4.99 Å². The second-order valence-corrected chi connectivity index (χ2v) is 7.75. The average Bonchev–Trinajstić information content (AvgIpc) is 3.33. The number of benzene rings is 3. The minimum absolute atomic E-state index is 0.176. The highest BCUT2D eigenvalue weighted by molar-refractivity contribution is 5.90. The Hall–Kier alpha value is -5.03. The van der Waals surface area contributed by atoms with Crippen LogP contribution < -0.4 is 14.2 Å². The normalized spacial score (nSPS) is 10.6. The Kier molecular flexibility index (Phi) is 7.86. The van der Waals surface area contributed by atoms with Gasteiger partial charge in [-0.05, 0) is 71.8 Å². The third-order valence-corrected chi connectivity index (χ3v) is 5.53. The van der Waals surface area contributed by atoms with Crippen LogP contribution >= 0.6 is 0 Å². The summed E-state index contributed by atoms with van der Waals surface area (Å²) in [6.07, 6.45) is 1.60. The Morgan fingerprint density at radius 2 is 1.43 bits per heavy atom. The van der Waals surface area contributed by atoms with Crippen LogP contribution in [0.5, 0.6) is 17.2 Å². The molecule has 1 heterocycles. The zero-order valence-corrected chi connectivity index (χ0v) is 20.6. The van der Waals surface area contributed by atoms with E-state index in [1.54, 1.807) is 44.7 Å². The molecule has 4 rings (SSSR count). The van der Waals surface area contributed by atoms with Crippen molar-refractivity contribution >= 4 is 18.1 Å². The minimum Gasteiger partial charge on any atom is -0.497 e. The van der Waals surface area contributed by atoms with Crippen LogP contribution in [-0.4, -0.2) is 40.1 Å². The van der Waals surface area contributed by atoms with Gasteiger partial charge in [0.05, 0.1) is 21.3 Å². The van der Waals surface area contributed by atoms with E-state index in [9.17, 15) is 10.1 Å². The molecule has 0 amide bonds. The van der Waals surface area contributed by atoms with Crippen LogP contribution in [0.4, 0.5) is 5.88 Å². The van der Waals surface area contributed by atoms with Gasteiger partial charge in [-0.25, -0.2) is 9.79 Å². The molecule has 0 aliphatic heterocycles. The van der Waals surface area contributed by atoms with E-state index >= 15 is 0 Å². The number of rotatable bonds is 9. The number of carbonyl (C=O) groups is 1. The maximum Gasteiger partial charge on any atom is 0.343 e. The monoisotopic (exact) mass is 496 g/mol. The van der Waals surface area contributed by atoms with E-state index in [0.29, 0.717) is 34.1 Å². The van der Waals surface area contributed by atoms with Crippen molar-refractivity contribution < 1.29 is 28.2 Å². The fourth-order valence-electron chi connectivity index (χ4n) is 3.58. The minimum atomic E-state index is -0.465. The molecule has 8 nitrogen and oxygen atoms in total. The van der Waals surface area contributed by atoms with Crippen LogP contribution in [-0.2, 0) is 9.53 Å². The summed E-state index contributed by atoms with van der Waals surface area (Å²) in [6, 6.07) is 24.0. The molecule has 186 valence electrons. The van der Waals surface area contributed by atoms with Gasteiger partial charge in [0.25, 0.3) is 0 Å². The molecule has 3 aromatic carbocycles. The first kappa shape index (κ1) is 25.1. The van der Waals surface area contributed by atoms with E-state index in [1.165, 1.54) is 7.11 Å². The average molecular weight is 497 g/mol. The largest absolute Gasteiger partial charge is 0.497 e. The van der Waals surface area contributed by atoms with Crippen LogP contribution in [0, 0.1) is 11.3 Å². The van der Waals surface area contributed by atoms with E-state index in [-0.39, 0.29) is 12.5 Å². The molecule has 1 aromatic heterocycles. The Morgan fingerprint density at radius 1 is 0.865 bits per heavy atom. The van der Waals surface area contributed by atoms with Gasteiger partial charge in [-0.1, -0.05) is 12.1 Å². The van der Waals surface area contributed by atoms with Crippen molar-refractivity contribution in [3.8, 4) is 45.8 Å². The fraction of sp³-hybridized carbons (Fsp3) is 0.138. The number of nitriles is 1.